The maximum atomic E-state index is 11.6. The number of carbonyl (C=O) groups is 2. The van der Waals surface area contributed by atoms with Crippen LogP contribution in [0, 0.1) is 16.7 Å². The van der Waals surface area contributed by atoms with Crippen molar-refractivity contribution in [2.24, 2.45) is 5.41 Å². The molecule has 0 radical (unpaired) electrons. The second-order valence-electron chi connectivity index (χ2n) is 3.90. The molecule has 0 bridgehead atoms. The number of fused-ring (bicyclic) bond motifs is 1. The summed E-state index contributed by atoms with van der Waals surface area (Å²) in [5, 5.41) is 18.0. The number of esters is 1. The van der Waals surface area contributed by atoms with Gasteiger partial charge in [0.25, 0.3) is 0 Å². The molecule has 1 aliphatic rings. The lowest BCUT2D eigenvalue weighted by Crippen LogP contribution is -2.31. The molecule has 5 nitrogen and oxygen atoms in total. The quantitative estimate of drug-likeness (QED) is 0.799. The number of carbonyl (C=O) groups excluding carboxylic acids is 1. The summed E-state index contributed by atoms with van der Waals surface area (Å²) in [6.45, 7) is 0. The van der Waals surface area contributed by atoms with Gasteiger partial charge in [0.05, 0.1) is 13.2 Å². The summed E-state index contributed by atoms with van der Waals surface area (Å²) < 4.78 is 4.63. The van der Waals surface area contributed by atoms with Crippen LogP contribution in [0.4, 0.5) is 0 Å². The van der Waals surface area contributed by atoms with Gasteiger partial charge in [-0.05, 0) is 11.6 Å². The number of ether oxygens (including phenoxy) is 1. The average Bonchev–Trinajstić information content (AvgIpc) is 2.83. The molecule has 1 aliphatic carbocycles. The molecular formula is C11H9NO4S. The monoisotopic (exact) mass is 251 g/mol. The first-order valence-electron chi connectivity index (χ1n) is 4.87. The summed E-state index contributed by atoms with van der Waals surface area (Å²) in [5.74, 6) is -1.54. The molecular weight excluding hydrogens is 242 g/mol. The molecule has 0 fully saturated rings. The fraction of sp³-hybridized carbons (Fsp3) is 0.364. The second kappa shape index (κ2) is 3.86. The van der Waals surface area contributed by atoms with Crippen LogP contribution in [-0.2, 0) is 22.4 Å². The standard InChI is InChI=1S/C11H9NO4S/c1-16-10(15)11(5-12)3-6-2-7(9(13)14)17-8(6)4-11/h2H,3-4H2,1H3,(H,13,14). The van der Waals surface area contributed by atoms with E-state index in [0.29, 0.717) is 0 Å². The smallest absolute Gasteiger partial charge is 0.345 e. The fourth-order valence-electron chi connectivity index (χ4n) is 2.00. The summed E-state index contributed by atoms with van der Waals surface area (Å²) in [7, 11) is 1.25. The van der Waals surface area contributed by atoms with E-state index in [0.717, 1.165) is 21.8 Å². The van der Waals surface area contributed by atoms with Crippen molar-refractivity contribution < 1.29 is 19.4 Å². The van der Waals surface area contributed by atoms with Gasteiger partial charge in [-0.25, -0.2) is 4.79 Å². The van der Waals surface area contributed by atoms with Gasteiger partial charge < -0.3 is 9.84 Å². The van der Waals surface area contributed by atoms with Crippen molar-refractivity contribution in [1.82, 2.24) is 0 Å². The fourth-order valence-corrected chi connectivity index (χ4v) is 3.13. The minimum absolute atomic E-state index is 0.231. The van der Waals surface area contributed by atoms with Crippen LogP contribution < -0.4 is 0 Å². The van der Waals surface area contributed by atoms with E-state index < -0.39 is 17.4 Å². The Kier molecular flexibility index (Phi) is 2.63. The molecule has 6 heteroatoms. The highest BCUT2D eigenvalue weighted by atomic mass is 32.1. The first kappa shape index (κ1) is 11.6. The summed E-state index contributed by atoms with van der Waals surface area (Å²) in [5.41, 5.74) is -0.410. The number of hydrogen-bond donors (Lipinski definition) is 1. The molecule has 0 aromatic carbocycles. The zero-order valence-corrected chi connectivity index (χ0v) is 9.84. The van der Waals surface area contributed by atoms with Crippen LogP contribution in [0.5, 0.6) is 0 Å². The lowest BCUT2D eigenvalue weighted by atomic mass is 9.87. The second-order valence-corrected chi connectivity index (χ2v) is 5.04. The number of hydrogen-bond acceptors (Lipinski definition) is 5. The van der Waals surface area contributed by atoms with Crippen LogP contribution in [0.2, 0.25) is 0 Å². The van der Waals surface area contributed by atoms with Crippen molar-refractivity contribution in [2.45, 2.75) is 12.8 Å². The lowest BCUT2D eigenvalue weighted by Gasteiger charge is -2.16. The van der Waals surface area contributed by atoms with Crippen LogP contribution in [0.25, 0.3) is 0 Å². The third-order valence-corrected chi connectivity index (χ3v) is 4.02. The normalized spacial score (nSPS) is 21.6. The van der Waals surface area contributed by atoms with Crippen LogP contribution in [0.3, 0.4) is 0 Å². The van der Waals surface area contributed by atoms with E-state index >= 15 is 0 Å². The number of nitrogens with zero attached hydrogens (tertiary/aromatic N) is 1. The Labute approximate surface area is 101 Å². The van der Waals surface area contributed by atoms with Crippen molar-refractivity contribution in [3.63, 3.8) is 0 Å². The highest BCUT2D eigenvalue weighted by molar-refractivity contribution is 7.14. The molecule has 2 rings (SSSR count). The van der Waals surface area contributed by atoms with Crippen LogP contribution in [0.15, 0.2) is 6.07 Å². The molecule has 1 unspecified atom stereocenters. The molecule has 0 saturated heterocycles. The Hall–Kier alpha value is -1.87. The van der Waals surface area contributed by atoms with Crippen molar-refractivity contribution in [1.29, 1.82) is 5.26 Å². The third-order valence-electron chi connectivity index (χ3n) is 2.85. The van der Waals surface area contributed by atoms with Gasteiger partial charge in [-0.1, -0.05) is 0 Å². The molecule has 0 saturated carbocycles. The Morgan fingerprint density at radius 1 is 1.59 bits per heavy atom. The van der Waals surface area contributed by atoms with Crippen molar-refractivity contribution in [3.05, 3.63) is 21.4 Å². The highest BCUT2D eigenvalue weighted by Gasteiger charge is 2.46. The number of carboxylic acids is 1. The Bertz CT molecular complexity index is 517. The number of rotatable bonds is 2. The number of thiophene rings is 1. The van der Waals surface area contributed by atoms with E-state index in [-0.39, 0.29) is 17.7 Å². The largest absolute Gasteiger partial charge is 0.477 e. The highest BCUT2D eigenvalue weighted by Crippen LogP contribution is 2.41. The van der Waals surface area contributed by atoms with Gasteiger partial charge in [0.2, 0.25) is 0 Å². The summed E-state index contributed by atoms with van der Waals surface area (Å²) in [6, 6.07) is 3.53. The van der Waals surface area contributed by atoms with E-state index in [1.165, 1.54) is 13.2 Å². The molecule has 1 atom stereocenters. The maximum Gasteiger partial charge on any atom is 0.345 e. The van der Waals surface area contributed by atoms with E-state index in [2.05, 4.69) is 4.74 Å². The SMILES string of the molecule is COC(=O)C1(C#N)Cc2cc(C(=O)O)sc2C1. The molecule has 1 N–H and O–H groups in total. The first-order valence-corrected chi connectivity index (χ1v) is 5.68. The van der Waals surface area contributed by atoms with E-state index in [9.17, 15) is 9.59 Å². The molecule has 88 valence electrons. The first-order chi connectivity index (χ1) is 8.02. The van der Waals surface area contributed by atoms with E-state index in [4.69, 9.17) is 10.4 Å². The van der Waals surface area contributed by atoms with Crippen LogP contribution in [-0.4, -0.2) is 24.2 Å². The van der Waals surface area contributed by atoms with Crippen molar-refractivity contribution >= 4 is 23.3 Å². The topological polar surface area (TPSA) is 87.4 Å². The Balaban J connectivity index is 2.33. The number of carboxylic acid groups (broad SMARTS) is 1. The molecule has 0 aliphatic heterocycles. The van der Waals surface area contributed by atoms with E-state index in [1.807, 2.05) is 6.07 Å². The van der Waals surface area contributed by atoms with Gasteiger partial charge >= 0.3 is 11.9 Å². The maximum absolute atomic E-state index is 11.6. The molecule has 0 spiro atoms. The zero-order chi connectivity index (χ0) is 12.6. The number of nitriles is 1. The predicted octanol–water partition coefficient (Wildman–Crippen LogP) is 1.23. The molecule has 17 heavy (non-hydrogen) atoms. The Morgan fingerprint density at radius 3 is 2.76 bits per heavy atom. The summed E-state index contributed by atoms with van der Waals surface area (Å²) in [4.78, 5) is 23.4. The summed E-state index contributed by atoms with van der Waals surface area (Å²) >= 11 is 1.12. The minimum atomic E-state index is -1.17. The van der Waals surface area contributed by atoms with Gasteiger partial charge in [0.1, 0.15) is 4.88 Å². The minimum Gasteiger partial charge on any atom is -0.477 e. The molecule has 1 aromatic heterocycles. The number of methoxy groups -OCH3 is 1. The van der Waals surface area contributed by atoms with E-state index in [1.54, 1.807) is 0 Å². The van der Waals surface area contributed by atoms with Gasteiger partial charge in [0, 0.05) is 17.7 Å². The van der Waals surface area contributed by atoms with Crippen LogP contribution in [0.1, 0.15) is 20.1 Å². The lowest BCUT2D eigenvalue weighted by molar-refractivity contribution is -0.148. The average molecular weight is 251 g/mol. The van der Waals surface area contributed by atoms with Gasteiger partial charge in [0.15, 0.2) is 5.41 Å². The van der Waals surface area contributed by atoms with Crippen molar-refractivity contribution in [3.8, 4) is 6.07 Å². The molecule has 0 amide bonds. The van der Waals surface area contributed by atoms with Gasteiger partial charge in [-0.2, -0.15) is 5.26 Å². The third kappa shape index (κ3) is 1.68. The Morgan fingerprint density at radius 2 is 2.29 bits per heavy atom. The van der Waals surface area contributed by atoms with Crippen LogP contribution >= 0.6 is 11.3 Å². The van der Waals surface area contributed by atoms with Gasteiger partial charge in [-0.3, -0.25) is 4.79 Å². The number of aromatic carboxylic acids is 1. The molecule has 1 aromatic rings. The predicted molar refractivity (Wildman–Crippen MR) is 58.7 cm³/mol. The van der Waals surface area contributed by atoms with Gasteiger partial charge in [-0.15, -0.1) is 11.3 Å². The molecule has 1 heterocycles. The zero-order valence-electron chi connectivity index (χ0n) is 9.02. The summed E-state index contributed by atoms with van der Waals surface area (Å²) in [6.07, 6.45) is 0.471. The van der Waals surface area contributed by atoms with Crippen molar-refractivity contribution in [2.75, 3.05) is 7.11 Å².